The van der Waals surface area contributed by atoms with E-state index in [1.54, 1.807) is 6.20 Å². The van der Waals surface area contributed by atoms with Crippen molar-refractivity contribution in [2.24, 2.45) is 5.84 Å². The summed E-state index contributed by atoms with van der Waals surface area (Å²) in [5, 5.41) is 0.511. The quantitative estimate of drug-likeness (QED) is 0.376. The molecule has 1 aromatic rings. The number of nitrogens with zero attached hydrogens (tertiary/aromatic N) is 1. The minimum Gasteiger partial charge on any atom is -0.271 e. The number of allylic oxidation sites excluding steroid dienone is 1. The van der Waals surface area contributed by atoms with Crippen LogP contribution in [-0.4, -0.2) is 4.98 Å². The van der Waals surface area contributed by atoms with Crippen LogP contribution in [0.4, 0.5) is 0 Å². The highest BCUT2D eigenvalue weighted by Crippen LogP contribution is 2.29. The maximum absolute atomic E-state index is 5.92. The molecule has 3 nitrogen and oxygen atoms in total. The number of hydrogen-bond acceptors (Lipinski definition) is 3. The molecule has 4 heteroatoms. The molecule has 1 heterocycles. The fourth-order valence-corrected chi connectivity index (χ4v) is 2.50. The molecule has 1 aromatic heterocycles. The Labute approximate surface area is 107 Å². The van der Waals surface area contributed by atoms with Crippen LogP contribution in [-0.2, 0) is 0 Å². The largest absolute Gasteiger partial charge is 0.271 e. The molecule has 17 heavy (non-hydrogen) atoms. The predicted molar refractivity (Wildman–Crippen MR) is 70.5 cm³/mol. The fourth-order valence-electron chi connectivity index (χ4n) is 2.32. The predicted octanol–water partition coefficient (Wildman–Crippen LogP) is 3.13. The lowest BCUT2D eigenvalue weighted by atomic mass is 9.96. The standard InChI is InChI=1S/C13H18ClN3/c14-12-9-11(7-8-16-12)13(17-15)10-5-3-1-2-4-6-10/h5,7-9,13,17H,1-4,6,15H2. The van der Waals surface area contributed by atoms with Gasteiger partial charge in [0.15, 0.2) is 0 Å². The fraction of sp³-hybridized carbons (Fsp3) is 0.462. The van der Waals surface area contributed by atoms with Crippen LogP contribution in [0, 0.1) is 0 Å². The van der Waals surface area contributed by atoms with Crippen molar-refractivity contribution in [2.75, 3.05) is 0 Å². The Bertz CT molecular complexity index is 403. The van der Waals surface area contributed by atoms with E-state index in [0.29, 0.717) is 5.15 Å². The van der Waals surface area contributed by atoms with Gasteiger partial charge in [-0.05, 0) is 43.4 Å². The molecule has 0 amide bonds. The van der Waals surface area contributed by atoms with Gasteiger partial charge in [0.2, 0.25) is 0 Å². The molecule has 0 saturated carbocycles. The molecule has 1 atom stereocenters. The van der Waals surface area contributed by atoms with Gasteiger partial charge < -0.3 is 0 Å². The number of nitrogens with two attached hydrogens (primary N) is 1. The molecule has 1 aliphatic rings. The summed E-state index contributed by atoms with van der Waals surface area (Å²) in [6.45, 7) is 0. The van der Waals surface area contributed by atoms with Crippen molar-refractivity contribution in [1.82, 2.24) is 10.4 Å². The number of hydrogen-bond donors (Lipinski definition) is 2. The van der Waals surface area contributed by atoms with Crippen molar-refractivity contribution in [3.8, 4) is 0 Å². The first kappa shape index (κ1) is 12.6. The lowest BCUT2D eigenvalue weighted by Gasteiger charge is -2.19. The summed E-state index contributed by atoms with van der Waals surface area (Å²) < 4.78 is 0. The van der Waals surface area contributed by atoms with Gasteiger partial charge in [-0.15, -0.1) is 0 Å². The summed E-state index contributed by atoms with van der Waals surface area (Å²) in [5.74, 6) is 5.68. The van der Waals surface area contributed by atoms with E-state index in [2.05, 4.69) is 16.5 Å². The van der Waals surface area contributed by atoms with Gasteiger partial charge in [0.25, 0.3) is 0 Å². The van der Waals surface area contributed by atoms with E-state index in [-0.39, 0.29) is 6.04 Å². The number of aromatic nitrogens is 1. The second kappa shape index (κ2) is 6.15. The first-order valence-corrected chi connectivity index (χ1v) is 6.45. The van der Waals surface area contributed by atoms with Gasteiger partial charge in [0.1, 0.15) is 5.15 Å². The Morgan fingerprint density at radius 3 is 3.00 bits per heavy atom. The van der Waals surface area contributed by atoms with Gasteiger partial charge in [-0.25, -0.2) is 10.4 Å². The van der Waals surface area contributed by atoms with Crippen LogP contribution in [0.2, 0.25) is 5.15 Å². The van der Waals surface area contributed by atoms with Crippen molar-refractivity contribution < 1.29 is 0 Å². The first-order chi connectivity index (χ1) is 8.31. The second-order valence-electron chi connectivity index (χ2n) is 4.39. The molecule has 1 aliphatic carbocycles. The third-order valence-corrected chi connectivity index (χ3v) is 3.40. The number of halogens is 1. The van der Waals surface area contributed by atoms with Crippen LogP contribution in [0.1, 0.15) is 43.7 Å². The molecule has 0 aromatic carbocycles. The Morgan fingerprint density at radius 1 is 1.35 bits per heavy atom. The smallest absolute Gasteiger partial charge is 0.129 e. The second-order valence-corrected chi connectivity index (χ2v) is 4.78. The SMILES string of the molecule is NNC(C1=CCCCCC1)c1ccnc(Cl)c1. The van der Waals surface area contributed by atoms with Gasteiger partial charge in [-0.3, -0.25) is 5.84 Å². The molecule has 0 fully saturated rings. The van der Waals surface area contributed by atoms with Gasteiger partial charge in [-0.2, -0.15) is 0 Å². The van der Waals surface area contributed by atoms with Crippen LogP contribution in [0.5, 0.6) is 0 Å². The minimum atomic E-state index is 0.0635. The van der Waals surface area contributed by atoms with Crippen LogP contribution in [0.15, 0.2) is 30.0 Å². The van der Waals surface area contributed by atoms with Crippen molar-refractivity contribution in [3.05, 3.63) is 40.7 Å². The highest BCUT2D eigenvalue weighted by Gasteiger charge is 2.16. The summed E-state index contributed by atoms with van der Waals surface area (Å²) in [5.41, 5.74) is 5.34. The number of hydrazine groups is 1. The van der Waals surface area contributed by atoms with Crippen molar-refractivity contribution in [2.45, 2.75) is 38.1 Å². The first-order valence-electron chi connectivity index (χ1n) is 6.08. The monoisotopic (exact) mass is 251 g/mol. The molecule has 0 aliphatic heterocycles. The Hall–Kier alpha value is -0.900. The summed E-state index contributed by atoms with van der Waals surface area (Å²) in [6, 6.07) is 3.90. The van der Waals surface area contributed by atoms with E-state index in [1.165, 1.54) is 24.8 Å². The zero-order chi connectivity index (χ0) is 12.1. The maximum atomic E-state index is 5.92. The molecular weight excluding hydrogens is 234 g/mol. The normalized spacial score (nSPS) is 18.4. The zero-order valence-corrected chi connectivity index (χ0v) is 10.6. The molecule has 1 unspecified atom stereocenters. The molecule has 0 radical (unpaired) electrons. The van der Waals surface area contributed by atoms with Gasteiger partial charge >= 0.3 is 0 Å². The lowest BCUT2D eigenvalue weighted by molar-refractivity contribution is 0.592. The summed E-state index contributed by atoms with van der Waals surface area (Å²) in [4.78, 5) is 4.00. The highest BCUT2D eigenvalue weighted by molar-refractivity contribution is 6.29. The van der Waals surface area contributed by atoms with Crippen molar-refractivity contribution >= 4 is 11.6 Å². The van der Waals surface area contributed by atoms with Gasteiger partial charge in [-0.1, -0.05) is 29.7 Å². The topological polar surface area (TPSA) is 50.9 Å². The molecule has 0 spiro atoms. The van der Waals surface area contributed by atoms with E-state index in [9.17, 15) is 0 Å². The van der Waals surface area contributed by atoms with E-state index < -0.39 is 0 Å². The molecule has 2 rings (SSSR count). The Balaban J connectivity index is 2.23. The van der Waals surface area contributed by atoms with E-state index in [4.69, 9.17) is 17.4 Å². The number of pyridine rings is 1. The summed E-state index contributed by atoms with van der Waals surface area (Å²) >= 11 is 5.92. The third kappa shape index (κ3) is 3.28. The molecular formula is C13H18ClN3. The Kier molecular flexibility index (Phi) is 4.54. The van der Waals surface area contributed by atoms with E-state index >= 15 is 0 Å². The van der Waals surface area contributed by atoms with Crippen LogP contribution < -0.4 is 11.3 Å². The van der Waals surface area contributed by atoms with Crippen LogP contribution >= 0.6 is 11.6 Å². The highest BCUT2D eigenvalue weighted by atomic mass is 35.5. The zero-order valence-electron chi connectivity index (χ0n) is 9.82. The van der Waals surface area contributed by atoms with E-state index in [1.807, 2.05) is 12.1 Å². The minimum absolute atomic E-state index is 0.0635. The van der Waals surface area contributed by atoms with Crippen molar-refractivity contribution in [3.63, 3.8) is 0 Å². The number of rotatable bonds is 3. The van der Waals surface area contributed by atoms with Crippen LogP contribution in [0.3, 0.4) is 0 Å². The average Bonchev–Trinajstić information content (AvgIpc) is 2.59. The lowest BCUT2D eigenvalue weighted by Crippen LogP contribution is -2.29. The van der Waals surface area contributed by atoms with Crippen LogP contribution in [0.25, 0.3) is 0 Å². The summed E-state index contributed by atoms with van der Waals surface area (Å²) in [6.07, 6.45) is 10.1. The molecule has 0 saturated heterocycles. The van der Waals surface area contributed by atoms with Crippen molar-refractivity contribution in [1.29, 1.82) is 0 Å². The third-order valence-electron chi connectivity index (χ3n) is 3.20. The molecule has 92 valence electrons. The maximum Gasteiger partial charge on any atom is 0.129 e. The molecule has 3 N–H and O–H groups in total. The van der Waals surface area contributed by atoms with Gasteiger partial charge in [0.05, 0.1) is 6.04 Å². The average molecular weight is 252 g/mol. The molecule has 0 bridgehead atoms. The van der Waals surface area contributed by atoms with E-state index in [0.717, 1.165) is 18.4 Å². The van der Waals surface area contributed by atoms with Gasteiger partial charge in [0, 0.05) is 6.20 Å². The number of nitrogens with one attached hydrogen (secondary N) is 1. The summed E-state index contributed by atoms with van der Waals surface area (Å²) in [7, 11) is 0. The Morgan fingerprint density at radius 2 is 2.24 bits per heavy atom.